The zero-order valence-corrected chi connectivity index (χ0v) is 19.2. The number of thioether (sulfide) groups is 1. The molecule has 9 nitrogen and oxygen atoms in total. The number of nitrogens with zero attached hydrogens (tertiary/aromatic N) is 3. The van der Waals surface area contributed by atoms with Crippen molar-refractivity contribution in [2.24, 2.45) is 7.05 Å². The molecule has 1 unspecified atom stereocenters. The first-order valence-electron chi connectivity index (χ1n) is 10.6. The van der Waals surface area contributed by atoms with Crippen molar-refractivity contribution in [1.82, 2.24) is 20.1 Å². The van der Waals surface area contributed by atoms with Crippen LogP contribution in [0.4, 0.5) is 5.69 Å². The highest BCUT2D eigenvalue weighted by molar-refractivity contribution is 7.99. The number of anilines is 1. The highest BCUT2D eigenvalue weighted by atomic mass is 32.2. The fourth-order valence-corrected chi connectivity index (χ4v) is 3.97. The summed E-state index contributed by atoms with van der Waals surface area (Å²) in [5.41, 5.74) is 1.92. The maximum atomic E-state index is 12.8. The minimum Gasteiger partial charge on any atom is -0.490 e. The molecule has 1 aliphatic heterocycles. The van der Waals surface area contributed by atoms with E-state index in [1.54, 1.807) is 35.2 Å². The lowest BCUT2D eigenvalue weighted by molar-refractivity contribution is -0.113. The largest absolute Gasteiger partial charge is 0.490 e. The van der Waals surface area contributed by atoms with E-state index in [-0.39, 0.29) is 23.6 Å². The van der Waals surface area contributed by atoms with Gasteiger partial charge in [-0.25, -0.2) is 0 Å². The number of benzene rings is 2. The van der Waals surface area contributed by atoms with Gasteiger partial charge in [-0.3, -0.25) is 9.59 Å². The molecule has 0 radical (unpaired) electrons. The third kappa shape index (κ3) is 5.83. The number of nitrogens with one attached hydrogen (secondary N) is 2. The molecule has 2 aromatic carbocycles. The van der Waals surface area contributed by atoms with Crippen LogP contribution in [-0.2, 0) is 11.8 Å². The van der Waals surface area contributed by atoms with Gasteiger partial charge in [-0.05, 0) is 42.8 Å². The van der Waals surface area contributed by atoms with Crippen LogP contribution in [0.15, 0.2) is 53.9 Å². The lowest BCUT2D eigenvalue weighted by Crippen LogP contribution is -2.26. The van der Waals surface area contributed by atoms with E-state index in [1.807, 2.05) is 32.2 Å². The number of rotatable bonds is 7. The minimum atomic E-state index is -0.240. The van der Waals surface area contributed by atoms with Crippen LogP contribution < -0.4 is 20.1 Å². The van der Waals surface area contributed by atoms with Gasteiger partial charge in [0.1, 0.15) is 6.33 Å². The first-order chi connectivity index (χ1) is 16.0. The number of aromatic nitrogens is 3. The summed E-state index contributed by atoms with van der Waals surface area (Å²) >= 11 is 1.29. The molecule has 1 aromatic heterocycles. The van der Waals surface area contributed by atoms with Crippen LogP contribution in [0.2, 0.25) is 0 Å². The molecule has 4 rings (SSSR count). The number of carbonyl (C=O) groups excluding carboxylic acids is 2. The number of ether oxygens (including phenoxy) is 2. The van der Waals surface area contributed by atoms with Gasteiger partial charge in [-0.1, -0.05) is 23.9 Å². The van der Waals surface area contributed by atoms with Gasteiger partial charge in [0, 0.05) is 24.7 Å². The Morgan fingerprint density at radius 2 is 1.97 bits per heavy atom. The van der Waals surface area contributed by atoms with Crippen LogP contribution in [-0.4, -0.2) is 45.5 Å². The Balaban J connectivity index is 1.35. The number of carbonyl (C=O) groups is 2. The Labute approximate surface area is 195 Å². The standard InChI is InChI=1S/C23H25N5O4S/c1-15(16-7-8-19-20(12-16)32-10-4-9-31-19)25-22(30)17-5-3-6-18(11-17)26-21(29)13-33-23-27-24-14-28(23)2/h3,5-8,11-12,14-15H,4,9-10,13H2,1-2H3,(H,25,30)(H,26,29). The molecule has 3 aromatic rings. The summed E-state index contributed by atoms with van der Waals surface area (Å²) in [6.07, 6.45) is 2.41. The Bertz CT molecular complexity index is 1150. The zero-order valence-electron chi connectivity index (χ0n) is 18.4. The van der Waals surface area contributed by atoms with Crippen molar-refractivity contribution in [2.45, 2.75) is 24.5 Å². The van der Waals surface area contributed by atoms with Crippen molar-refractivity contribution in [1.29, 1.82) is 0 Å². The molecule has 33 heavy (non-hydrogen) atoms. The molecule has 0 spiro atoms. The van der Waals surface area contributed by atoms with E-state index < -0.39 is 0 Å². The smallest absolute Gasteiger partial charge is 0.251 e. The van der Waals surface area contributed by atoms with E-state index in [2.05, 4.69) is 20.8 Å². The van der Waals surface area contributed by atoms with Gasteiger partial charge in [0.05, 0.1) is 25.0 Å². The lowest BCUT2D eigenvalue weighted by atomic mass is 10.1. The van der Waals surface area contributed by atoms with Crippen molar-refractivity contribution in [3.05, 3.63) is 59.9 Å². The molecule has 0 saturated carbocycles. The molecule has 1 aliphatic rings. The summed E-state index contributed by atoms with van der Waals surface area (Å²) in [4.78, 5) is 25.1. The van der Waals surface area contributed by atoms with Gasteiger partial charge in [-0.15, -0.1) is 10.2 Å². The lowest BCUT2D eigenvalue weighted by Gasteiger charge is -2.17. The molecular weight excluding hydrogens is 442 g/mol. The van der Waals surface area contributed by atoms with E-state index in [9.17, 15) is 9.59 Å². The summed E-state index contributed by atoms with van der Waals surface area (Å²) in [6.45, 7) is 3.14. The fourth-order valence-electron chi connectivity index (χ4n) is 3.28. The maximum Gasteiger partial charge on any atom is 0.251 e. The third-order valence-corrected chi connectivity index (χ3v) is 6.06. The van der Waals surface area contributed by atoms with Crippen LogP contribution in [0.1, 0.15) is 35.3 Å². The second kappa shape index (κ2) is 10.4. The molecule has 172 valence electrons. The van der Waals surface area contributed by atoms with E-state index >= 15 is 0 Å². The number of hydrogen-bond donors (Lipinski definition) is 2. The van der Waals surface area contributed by atoms with Gasteiger partial charge >= 0.3 is 0 Å². The second-order valence-electron chi connectivity index (χ2n) is 7.59. The number of amides is 2. The van der Waals surface area contributed by atoms with Crippen molar-refractivity contribution in [3.63, 3.8) is 0 Å². The van der Waals surface area contributed by atoms with Crippen molar-refractivity contribution >= 4 is 29.3 Å². The topological polar surface area (TPSA) is 107 Å². The molecule has 0 fully saturated rings. The summed E-state index contributed by atoms with van der Waals surface area (Å²) in [7, 11) is 1.82. The van der Waals surface area contributed by atoms with Crippen LogP contribution in [0.3, 0.4) is 0 Å². The van der Waals surface area contributed by atoms with Gasteiger partial charge in [0.25, 0.3) is 5.91 Å². The second-order valence-corrected chi connectivity index (χ2v) is 8.54. The monoisotopic (exact) mass is 467 g/mol. The first kappa shape index (κ1) is 22.7. The number of hydrogen-bond acceptors (Lipinski definition) is 7. The van der Waals surface area contributed by atoms with Crippen LogP contribution in [0.25, 0.3) is 0 Å². The molecule has 0 aliphatic carbocycles. The molecule has 0 bridgehead atoms. The zero-order chi connectivity index (χ0) is 23.2. The Hall–Kier alpha value is -3.53. The molecular formula is C23H25N5O4S. The summed E-state index contributed by atoms with van der Waals surface area (Å²) in [5.74, 6) is 1.16. The number of aryl methyl sites for hydroxylation is 1. The van der Waals surface area contributed by atoms with Crippen LogP contribution in [0.5, 0.6) is 11.5 Å². The van der Waals surface area contributed by atoms with Gasteiger partial charge in [0.15, 0.2) is 16.7 Å². The number of fused-ring (bicyclic) bond motifs is 1. The predicted molar refractivity (Wildman–Crippen MR) is 125 cm³/mol. The molecule has 2 heterocycles. The maximum absolute atomic E-state index is 12.8. The quantitative estimate of drug-likeness (QED) is 0.514. The van der Waals surface area contributed by atoms with Gasteiger partial charge < -0.3 is 24.7 Å². The SMILES string of the molecule is CC(NC(=O)c1cccc(NC(=O)CSc2nncn2C)c1)c1ccc2c(c1)OCCCO2. The highest BCUT2D eigenvalue weighted by Crippen LogP contribution is 2.32. The average Bonchev–Trinajstić information content (AvgIpc) is 3.08. The van der Waals surface area contributed by atoms with Crippen LogP contribution in [0, 0.1) is 0 Å². The summed E-state index contributed by atoms with van der Waals surface area (Å²) in [5, 5.41) is 14.2. The normalized spacial score (nSPS) is 13.6. The summed E-state index contributed by atoms with van der Waals surface area (Å²) in [6, 6.07) is 12.3. The molecule has 2 N–H and O–H groups in total. The van der Waals surface area contributed by atoms with E-state index in [1.165, 1.54) is 11.8 Å². The molecule has 1 atom stereocenters. The molecule has 0 saturated heterocycles. The van der Waals surface area contributed by atoms with Gasteiger partial charge in [-0.2, -0.15) is 0 Å². The Morgan fingerprint density at radius 1 is 1.15 bits per heavy atom. The predicted octanol–water partition coefficient (Wildman–Crippen LogP) is 3.20. The van der Waals surface area contributed by atoms with Gasteiger partial charge in [0.2, 0.25) is 5.91 Å². The van der Waals surface area contributed by atoms with Crippen LogP contribution >= 0.6 is 11.8 Å². The van der Waals surface area contributed by atoms with Crippen molar-refractivity contribution in [3.8, 4) is 11.5 Å². The molecule has 10 heteroatoms. The van der Waals surface area contributed by atoms with E-state index in [0.29, 0.717) is 35.4 Å². The first-order valence-corrected chi connectivity index (χ1v) is 11.6. The Morgan fingerprint density at radius 3 is 2.76 bits per heavy atom. The molecule has 2 amide bonds. The highest BCUT2D eigenvalue weighted by Gasteiger charge is 2.16. The van der Waals surface area contributed by atoms with Crippen molar-refractivity contribution in [2.75, 3.05) is 24.3 Å². The van der Waals surface area contributed by atoms with Crippen molar-refractivity contribution < 1.29 is 19.1 Å². The van der Waals surface area contributed by atoms with E-state index in [4.69, 9.17) is 9.47 Å². The Kier molecular flexibility index (Phi) is 7.13. The van der Waals surface area contributed by atoms with E-state index in [0.717, 1.165) is 17.7 Å². The minimum absolute atomic E-state index is 0.185. The summed E-state index contributed by atoms with van der Waals surface area (Å²) < 4.78 is 13.2. The third-order valence-electron chi connectivity index (χ3n) is 5.03. The average molecular weight is 468 g/mol. The fraction of sp³-hybridized carbons (Fsp3) is 0.304.